The third-order valence-electron chi connectivity index (χ3n) is 3.04. The van der Waals surface area contributed by atoms with Gasteiger partial charge in [0.15, 0.2) is 0 Å². The van der Waals surface area contributed by atoms with Gasteiger partial charge in [-0.3, -0.25) is 12.2 Å². The van der Waals surface area contributed by atoms with Crippen LogP contribution in [-0.2, 0) is 21.7 Å². The van der Waals surface area contributed by atoms with Crippen LogP contribution in [0.1, 0.15) is 53.4 Å². The molecule has 0 nitrogen and oxygen atoms in total. The maximum absolute atomic E-state index is 3.36. The summed E-state index contributed by atoms with van der Waals surface area (Å²) in [7, 11) is 0. The summed E-state index contributed by atoms with van der Waals surface area (Å²) in [5.41, 5.74) is 2.79. The van der Waals surface area contributed by atoms with E-state index in [2.05, 4.69) is 64.2 Å². The monoisotopic (exact) mass is 360 g/mol. The van der Waals surface area contributed by atoms with Gasteiger partial charge in [-0.1, -0.05) is 65.2 Å². The van der Waals surface area contributed by atoms with E-state index < -0.39 is 0 Å². The summed E-state index contributed by atoms with van der Waals surface area (Å²) < 4.78 is 0. The van der Waals surface area contributed by atoms with E-state index in [1.54, 1.807) is 0 Å². The zero-order valence-electron chi connectivity index (χ0n) is 13.5. The van der Waals surface area contributed by atoms with Crippen molar-refractivity contribution in [3.05, 3.63) is 47.6 Å². The van der Waals surface area contributed by atoms with E-state index in [4.69, 9.17) is 0 Å². The molecule has 0 aromatic rings. The number of allylic oxidation sites excluding steroid dienone is 8. The maximum Gasteiger partial charge on any atom is 4.00 e. The summed E-state index contributed by atoms with van der Waals surface area (Å²) in [5.74, 6) is 1.12. The largest absolute Gasteiger partial charge is 4.00 e. The molecule has 2 aliphatic carbocycles. The van der Waals surface area contributed by atoms with Gasteiger partial charge in [0.25, 0.3) is 0 Å². The van der Waals surface area contributed by atoms with Gasteiger partial charge in [-0.15, -0.1) is 0 Å². The molecular weight excluding hydrogens is 335 g/mol. The number of hydrogen-bond acceptors (Lipinski definition) is 0. The third kappa shape index (κ3) is 11.5. The molecule has 2 rings (SSSR count). The van der Waals surface area contributed by atoms with Gasteiger partial charge in [0.1, 0.15) is 0 Å². The average Bonchev–Trinajstić information content (AvgIpc) is 2.90. The second-order valence-electron chi connectivity index (χ2n) is 5.13. The first-order valence-corrected chi connectivity index (χ1v) is 7.26. The van der Waals surface area contributed by atoms with Crippen molar-refractivity contribution in [3.63, 3.8) is 0 Å². The Labute approximate surface area is 158 Å². The van der Waals surface area contributed by atoms with Crippen LogP contribution in [0.4, 0.5) is 0 Å². The summed E-state index contributed by atoms with van der Waals surface area (Å²) in [4.78, 5) is 0. The molecule has 0 N–H and O–H groups in total. The van der Waals surface area contributed by atoms with Crippen LogP contribution in [0, 0.1) is 24.0 Å². The number of halogens is 2. The minimum Gasteiger partial charge on any atom is -1.00 e. The Morgan fingerprint density at radius 1 is 0.810 bits per heavy atom. The van der Waals surface area contributed by atoms with Gasteiger partial charge in [-0.2, -0.15) is 12.2 Å². The Hall–Kier alpha value is 0.254. The van der Waals surface area contributed by atoms with E-state index in [1.807, 2.05) is 0 Å². The van der Waals surface area contributed by atoms with E-state index in [0.29, 0.717) is 11.8 Å². The molecule has 0 aromatic heterocycles. The van der Waals surface area contributed by atoms with Crippen LogP contribution in [0.2, 0.25) is 0 Å². The van der Waals surface area contributed by atoms with Crippen LogP contribution < -0.4 is 24.8 Å². The van der Waals surface area contributed by atoms with Gasteiger partial charge in [0.05, 0.1) is 0 Å². The van der Waals surface area contributed by atoms with Gasteiger partial charge < -0.3 is 24.8 Å². The van der Waals surface area contributed by atoms with Gasteiger partial charge in [0, 0.05) is 0 Å². The van der Waals surface area contributed by atoms with Crippen molar-refractivity contribution >= 4 is 0 Å². The number of hydrogen-bond donors (Lipinski definition) is 0. The Balaban J connectivity index is -0.000000270. The summed E-state index contributed by atoms with van der Waals surface area (Å²) in [6.07, 6.45) is 20.4. The normalized spacial score (nSPS) is 21.1. The van der Waals surface area contributed by atoms with Crippen LogP contribution in [0.15, 0.2) is 35.5 Å². The second-order valence-corrected chi connectivity index (χ2v) is 5.13. The topological polar surface area (TPSA) is 0 Å². The van der Waals surface area contributed by atoms with Crippen LogP contribution in [0.5, 0.6) is 0 Å². The average molecular weight is 361 g/mol. The summed E-state index contributed by atoms with van der Waals surface area (Å²) in [6, 6.07) is 0. The minimum absolute atomic E-state index is 0. The van der Waals surface area contributed by atoms with Crippen LogP contribution in [0.3, 0.4) is 0 Å². The predicted molar refractivity (Wildman–Crippen MR) is 79.9 cm³/mol. The molecule has 0 amide bonds. The molecule has 116 valence electrons. The summed E-state index contributed by atoms with van der Waals surface area (Å²) in [6.45, 7) is 8.73. The molecule has 2 aliphatic rings. The van der Waals surface area contributed by atoms with Crippen molar-refractivity contribution in [3.8, 4) is 0 Å². The molecule has 0 aliphatic heterocycles. The van der Waals surface area contributed by atoms with Crippen molar-refractivity contribution in [1.29, 1.82) is 0 Å². The van der Waals surface area contributed by atoms with Gasteiger partial charge in [-0.25, -0.2) is 23.3 Å². The maximum atomic E-state index is 3.36. The third-order valence-corrected chi connectivity index (χ3v) is 3.04. The molecule has 0 saturated heterocycles. The molecular formula is C18H26Cl2Ti. The molecule has 3 heteroatoms. The van der Waals surface area contributed by atoms with Gasteiger partial charge >= 0.3 is 21.7 Å². The van der Waals surface area contributed by atoms with E-state index in [0.717, 1.165) is 0 Å². The first-order valence-electron chi connectivity index (χ1n) is 7.26. The molecule has 0 bridgehead atoms. The summed E-state index contributed by atoms with van der Waals surface area (Å²) in [5, 5.41) is 0. The first kappa shape index (κ1) is 26.2. The molecule has 0 spiro atoms. The minimum atomic E-state index is 0. The Bertz CT molecular complexity index is 331. The fraction of sp³-hybridized carbons (Fsp3) is 0.556. The molecule has 0 heterocycles. The van der Waals surface area contributed by atoms with Crippen LogP contribution >= 0.6 is 0 Å². The SMILES string of the molecule is CCCC1=[C-]C(C)C=C1.CCCC1=[C-]C(C)C=C1.[Cl-].[Cl-].[Ti+4]. The molecule has 0 fully saturated rings. The fourth-order valence-corrected chi connectivity index (χ4v) is 2.15. The van der Waals surface area contributed by atoms with Crippen molar-refractivity contribution in [2.45, 2.75) is 53.4 Å². The zero-order valence-corrected chi connectivity index (χ0v) is 16.6. The second kappa shape index (κ2) is 15.2. The van der Waals surface area contributed by atoms with Gasteiger partial charge in [0.2, 0.25) is 0 Å². The van der Waals surface area contributed by atoms with E-state index in [-0.39, 0.29) is 46.5 Å². The quantitative estimate of drug-likeness (QED) is 0.466. The number of rotatable bonds is 4. The van der Waals surface area contributed by atoms with Crippen molar-refractivity contribution in [2.24, 2.45) is 11.8 Å². The zero-order chi connectivity index (χ0) is 13.4. The summed E-state index contributed by atoms with van der Waals surface area (Å²) >= 11 is 0. The molecule has 2 unspecified atom stereocenters. The molecule has 0 saturated carbocycles. The first-order chi connectivity index (χ1) is 8.65. The van der Waals surface area contributed by atoms with E-state index in [1.165, 1.54) is 36.8 Å². The van der Waals surface area contributed by atoms with E-state index in [9.17, 15) is 0 Å². The van der Waals surface area contributed by atoms with Crippen LogP contribution in [-0.4, -0.2) is 0 Å². The smallest absolute Gasteiger partial charge is 1.00 e. The van der Waals surface area contributed by atoms with Crippen molar-refractivity contribution < 1.29 is 46.5 Å². The van der Waals surface area contributed by atoms with Crippen molar-refractivity contribution in [2.75, 3.05) is 0 Å². The standard InChI is InChI=1S/2C9H13.2ClH.Ti/c2*1-3-4-9-6-5-8(2)7-9;;;/h2*5-6,8H,3-4H2,1-2H3;2*1H;/q2*-1;;;+4/p-2. The van der Waals surface area contributed by atoms with E-state index >= 15 is 0 Å². The Kier molecular flexibility index (Phi) is 18.9. The van der Waals surface area contributed by atoms with Gasteiger partial charge in [-0.05, 0) is 0 Å². The van der Waals surface area contributed by atoms with Crippen LogP contribution in [0.25, 0.3) is 0 Å². The molecule has 2 atom stereocenters. The molecule has 21 heavy (non-hydrogen) atoms. The molecule has 0 aromatic carbocycles. The molecule has 0 radical (unpaired) electrons. The Morgan fingerprint density at radius 3 is 1.33 bits per heavy atom. The fourth-order valence-electron chi connectivity index (χ4n) is 2.15. The van der Waals surface area contributed by atoms with Crippen molar-refractivity contribution in [1.82, 2.24) is 0 Å². The Morgan fingerprint density at radius 2 is 1.14 bits per heavy atom. The predicted octanol–water partition coefficient (Wildman–Crippen LogP) is -0.551.